The maximum atomic E-state index is 12.6. The summed E-state index contributed by atoms with van der Waals surface area (Å²) in [6.45, 7) is 1.96. The van der Waals surface area contributed by atoms with E-state index in [1.807, 2.05) is 13.0 Å². The van der Waals surface area contributed by atoms with Gasteiger partial charge in [-0.05, 0) is 29.3 Å². The highest BCUT2D eigenvalue weighted by Gasteiger charge is 2.44. The predicted molar refractivity (Wildman–Crippen MR) is 75.6 cm³/mol. The van der Waals surface area contributed by atoms with E-state index in [4.69, 9.17) is 0 Å². The third kappa shape index (κ3) is 2.00. The Morgan fingerprint density at radius 2 is 2.14 bits per heavy atom. The molecule has 112 valence electrons. The summed E-state index contributed by atoms with van der Waals surface area (Å²) < 4.78 is 0. The van der Waals surface area contributed by atoms with Gasteiger partial charge in [-0.1, -0.05) is 13.0 Å². The Kier molecular flexibility index (Phi) is 3.28. The fourth-order valence-electron chi connectivity index (χ4n) is 2.50. The van der Waals surface area contributed by atoms with Crippen LogP contribution in [0.2, 0.25) is 0 Å². The maximum absolute atomic E-state index is 12.6. The van der Waals surface area contributed by atoms with Gasteiger partial charge < -0.3 is 4.90 Å². The van der Waals surface area contributed by atoms with E-state index in [2.05, 4.69) is 20.6 Å². The number of nitrogens with zero attached hydrogens (tertiary/aromatic N) is 4. The largest absolute Gasteiger partial charge is 0.314 e. The number of fused-ring (bicyclic) bond motifs is 1. The summed E-state index contributed by atoms with van der Waals surface area (Å²) in [5.41, 5.74) is 1.83. The van der Waals surface area contributed by atoms with Gasteiger partial charge >= 0.3 is 0 Å². The molecule has 0 aliphatic carbocycles. The first-order valence-corrected chi connectivity index (χ1v) is 6.77. The molecule has 1 aliphatic heterocycles. The van der Waals surface area contributed by atoms with Gasteiger partial charge in [-0.2, -0.15) is 5.21 Å². The molecule has 0 fully saturated rings. The van der Waals surface area contributed by atoms with E-state index in [1.165, 1.54) is 11.9 Å². The monoisotopic (exact) mass is 299 g/mol. The van der Waals surface area contributed by atoms with Crippen LogP contribution in [0, 0.1) is 5.92 Å². The van der Waals surface area contributed by atoms with E-state index in [0.717, 1.165) is 12.0 Å². The molecule has 1 unspecified atom stereocenters. The summed E-state index contributed by atoms with van der Waals surface area (Å²) in [6, 6.07) is 5.30. The SMILES string of the molecule is CCc1ccc2c(c1)C(=O)C(C(=O)c1nn[nH]n1)C(=O)N2C. The molecule has 0 saturated heterocycles. The lowest BCUT2D eigenvalue weighted by Crippen LogP contribution is -2.46. The fraction of sp³-hybridized carbons (Fsp3) is 0.286. The lowest BCUT2D eigenvalue weighted by Gasteiger charge is -2.29. The summed E-state index contributed by atoms with van der Waals surface area (Å²) in [4.78, 5) is 38.7. The molecule has 0 bridgehead atoms. The van der Waals surface area contributed by atoms with Gasteiger partial charge in [0.05, 0.1) is 5.69 Å². The molecule has 8 nitrogen and oxygen atoms in total. The van der Waals surface area contributed by atoms with Crippen molar-refractivity contribution in [2.45, 2.75) is 13.3 Å². The summed E-state index contributed by atoms with van der Waals surface area (Å²) in [5.74, 6) is -3.58. The summed E-state index contributed by atoms with van der Waals surface area (Å²) in [6.07, 6.45) is 0.752. The summed E-state index contributed by atoms with van der Waals surface area (Å²) in [5, 5.41) is 12.5. The molecule has 1 aliphatic rings. The molecule has 8 heteroatoms. The van der Waals surface area contributed by atoms with E-state index in [0.29, 0.717) is 11.3 Å². The highest BCUT2D eigenvalue weighted by molar-refractivity contribution is 6.33. The number of tetrazole rings is 1. The van der Waals surface area contributed by atoms with Gasteiger partial charge in [-0.15, -0.1) is 10.2 Å². The number of hydrogen-bond donors (Lipinski definition) is 1. The molecule has 0 radical (unpaired) electrons. The van der Waals surface area contributed by atoms with Gasteiger partial charge in [0.25, 0.3) is 0 Å². The molecule has 2 aromatic rings. The van der Waals surface area contributed by atoms with Crippen molar-refractivity contribution in [3.63, 3.8) is 0 Å². The molecule has 22 heavy (non-hydrogen) atoms. The first-order valence-electron chi connectivity index (χ1n) is 6.77. The molecule has 0 spiro atoms. The van der Waals surface area contributed by atoms with Gasteiger partial charge in [0.15, 0.2) is 11.7 Å². The molecule has 3 rings (SSSR count). The van der Waals surface area contributed by atoms with E-state index in [1.54, 1.807) is 12.1 Å². The van der Waals surface area contributed by atoms with Crippen LogP contribution in [0.3, 0.4) is 0 Å². The standard InChI is InChI=1S/C14H13N5O3/c1-3-7-4-5-9-8(6-7)11(20)10(14(22)19(9)2)12(21)13-15-17-18-16-13/h4-6,10H,3H2,1-2H3,(H,15,16,17,18). The van der Waals surface area contributed by atoms with Gasteiger partial charge in [0, 0.05) is 12.6 Å². The third-order valence-electron chi connectivity index (χ3n) is 3.76. The molecule has 1 N–H and O–H groups in total. The lowest BCUT2D eigenvalue weighted by molar-refractivity contribution is -0.119. The third-order valence-corrected chi connectivity index (χ3v) is 3.76. The van der Waals surface area contributed by atoms with Crippen LogP contribution >= 0.6 is 0 Å². The van der Waals surface area contributed by atoms with Crippen molar-refractivity contribution in [1.82, 2.24) is 20.6 Å². The van der Waals surface area contributed by atoms with Crippen LogP contribution in [-0.2, 0) is 11.2 Å². The lowest BCUT2D eigenvalue weighted by atomic mass is 9.86. The molecule has 1 aromatic heterocycles. The number of hydrogen-bond acceptors (Lipinski definition) is 6. The minimum atomic E-state index is -1.46. The number of aromatic amines is 1. The number of carbonyl (C=O) groups excluding carboxylic acids is 3. The Hall–Kier alpha value is -2.90. The highest BCUT2D eigenvalue weighted by atomic mass is 16.2. The Bertz CT molecular complexity index is 769. The fourth-order valence-corrected chi connectivity index (χ4v) is 2.50. The normalized spacial score (nSPS) is 17.5. The van der Waals surface area contributed by atoms with Crippen LogP contribution in [0.25, 0.3) is 0 Å². The number of anilines is 1. The van der Waals surface area contributed by atoms with Gasteiger partial charge in [0.1, 0.15) is 0 Å². The van der Waals surface area contributed by atoms with E-state index in [-0.39, 0.29) is 5.82 Å². The smallest absolute Gasteiger partial charge is 0.245 e. The molecule has 2 heterocycles. The maximum Gasteiger partial charge on any atom is 0.245 e. The number of rotatable bonds is 3. The van der Waals surface area contributed by atoms with Gasteiger partial charge in [-0.25, -0.2) is 0 Å². The molecule has 1 aromatic carbocycles. The number of amides is 1. The van der Waals surface area contributed by atoms with Crippen molar-refractivity contribution in [1.29, 1.82) is 0 Å². The minimum Gasteiger partial charge on any atom is -0.314 e. The average Bonchev–Trinajstić information content (AvgIpc) is 3.06. The summed E-state index contributed by atoms with van der Waals surface area (Å²) in [7, 11) is 1.54. The van der Waals surface area contributed by atoms with Crippen LogP contribution in [0.4, 0.5) is 5.69 Å². The Morgan fingerprint density at radius 1 is 1.36 bits per heavy atom. The number of Topliss-reactive ketones (excluding diaryl/α,β-unsaturated/α-hetero) is 2. The Balaban J connectivity index is 2.08. The van der Waals surface area contributed by atoms with E-state index >= 15 is 0 Å². The quantitative estimate of drug-likeness (QED) is 0.650. The predicted octanol–water partition coefficient (Wildman–Crippen LogP) is 0.420. The Morgan fingerprint density at radius 3 is 2.77 bits per heavy atom. The average molecular weight is 299 g/mol. The number of nitrogens with one attached hydrogen (secondary N) is 1. The van der Waals surface area contributed by atoms with Crippen molar-refractivity contribution in [2.75, 3.05) is 11.9 Å². The highest BCUT2D eigenvalue weighted by Crippen LogP contribution is 2.31. The van der Waals surface area contributed by atoms with Gasteiger partial charge in [-0.3, -0.25) is 14.4 Å². The number of carbonyl (C=O) groups is 3. The second-order valence-corrected chi connectivity index (χ2v) is 5.00. The molecule has 1 amide bonds. The van der Waals surface area contributed by atoms with Crippen LogP contribution < -0.4 is 4.90 Å². The van der Waals surface area contributed by atoms with E-state index in [9.17, 15) is 14.4 Å². The zero-order valence-electron chi connectivity index (χ0n) is 12.0. The van der Waals surface area contributed by atoms with Crippen LogP contribution in [-0.4, -0.2) is 45.1 Å². The zero-order valence-corrected chi connectivity index (χ0v) is 12.0. The first-order chi connectivity index (χ1) is 10.5. The topological polar surface area (TPSA) is 109 Å². The number of benzene rings is 1. The summed E-state index contributed by atoms with van der Waals surface area (Å²) >= 11 is 0. The van der Waals surface area contributed by atoms with Crippen molar-refractivity contribution in [3.05, 3.63) is 35.2 Å². The molecule has 1 atom stereocenters. The second kappa shape index (κ2) is 5.14. The number of H-pyrrole nitrogens is 1. The molecular weight excluding hydrogens is 286 g/mol. The first kappa shape index (κ1) is 14.1. The minimum absolute atomic E-state index is 0.268. The number of aromatic nitrogens is 4. The zero-order chi connectivity index (χ0) is 15.9. The van der Waals surface area contributed by atoms with Crippen molar-refractivity contribution in [2.24, 2.45) is 5.92 Å². The molecular formula is C14H13N5O3. The van der Waals surface area contributed by atoms with Crippen LogP contribution in [0.1, 0.15) is 33.5 Å². The van der Waals surface area contributed by atoms with Crippen LogP contribution in [0.5, 0.6) is 0 Å². The second-order valence-electron chi connectivity index (χ2n) is 5.00. The Labute approximate surface area is 125 Å². The van der Waals surface area contributed by atoms with Crippen molar-refractivity contribution in [3.8, 4) is 0 Å². The van der Waals surface area contributed by atoms with Crippen molar-refractivity contribution < 1.29 is 14.4 Å². The van der Waals surface area contributed by atoms with Gasteiger partial charge in [0.2, 0.25) is 17.5 Å². The molecule has 0 saturated carbocycles. The number of aryl methyl sites for hydroxylation is 1. The van der Waals surface area contributed by atoms with Crippen LogP contribution in [0.15, 0.2) is 18.2 Å². The van der Waals surface area contributed by atoms with Crippen molar-refractivity contribution >= 4 is 23.2 Å². The van der Waals surface area contributed by atoms with E-state index < -0.39 is 23.4 Å². The number of ketones is 2.